The molecule has 6 N–H and O–H groups in total. The number of alkyl halides is 6. The van der Waals surface area contributed by atoms with E-state index in [2.05, 4.69) is 72.0 Å². The lowest BCUT2D eigenvalue weighted by atomic mass is 10.1. The molecular weight excluding hydrogens is 1260 g/mol. The van der Waals surface area contributed by atoms with Crippen LogP contribution in [0.25, 0.3) is 22.5 Å². The third kappa shape index (κ3) is 16.5. The fourth-order valence-corrected chi connectivity index (χ4v) is 13.0. The van der Waals surface area contributed by atoms with E-state index < -0.39 is 62.1 Å². The molecule has 2 aromatic carbocycles. The quantitative estimate of drug-likeness (QED) is 0.0608. The predicted molar refractivity (Wildman–Crippen MR) is 327 cm³/mol. The Bertz CT molecular complexity index is 3820. The number of carbonyl (C=O) groups is 2. The van der Waals surface area contributed by atoms with Gasteiger partial charge in [0.2, 0.25) is 11.9 Å². The van der Waals surface area contributed by atoms with Gasteiger partial charge in [0.05, 0.1) is 99.5 Å². The van der Waals surface area contributed by atoms with Crippen LogP contribution in [0.15, 0.2) is 97.8 Å². The lowest BCUT2D eigenvalue weighted by molar-refractivity contribution is -0.138. The first kappa shape index (κ1) is 67.3. The summed E-state index contributed by atoms with van der Waals surface area (Å²) in [6.45, 7) is 8.63. The number of rotatable bonds is 8. The van der Waals surface area contributed by atoms with E-state index in [9.17, 15) is 45.1 Å². The van der Waals surface area contributed by atoms with Crippen LogP contribution in [0.1, 0.15) is 70.9 Å². The average Bonchev–Trinajstić information content (AvgIpc) is 1.18. The maximum absolute atomic E-state index is 14.1. The van der Waals surface area contributed by atoms with Gasteiger partial charge in [0.25, 0.3) is 11.8 Å². The fraction of sp³-hybridized carbons (Fsp3) is 0.345. The summed E-state index contributed by atoms with van der Waals surface area (Å²) in [5, 5.41) is 24.7. The Balaban J connectivity index is 0.000000217. The van der Waals surface area contributed by atoms with E-state index in [0.29, 0.717) is 70.5 Å². The van der Waals surface area contributed by atoms with Crippen molar-refractivity contribution in [3.8, 4) is 34.0 Å². The normalized spacial score (nSPS) is 18.5. The molecule has 488 valence electrons. The number of anilines is 8. The van der Waals surface area contributed by atoms with E-state index >= 15 is 0 Å². The second-order valence-corrected chi connectivity index (χ2v) is 25.0. The highest BCUT2D eigenvalue weighted by Gasteiger charge is 2.38. The first-order valence-electron chi connectivity index (χ1n) is 28.4. The van der Waals surface area contributed by atoms with E-state index in [1.807, 2.05) is 13.8 Å². The number of carbonyl (C=O) groups excluding carboxylic acids is 2. The first-order chi connectivity index (χ1) is 43.8. The van der Waals surface area contributed by atoms with Gasteiger partial charge in [-0.05, 0) is 85.3 Å². The second kappa shape index (κ2) is 28.6. The highest BCUT2D eigenvalue weighted by atomic mass is 31.2. The Morgan fingerprint density at radius 1 is 0.587 bits per heavy atom. The van der Waals surface area contributed by atoms with Crippen molar-refractivity contribution in [3.05, 3.63) is 131 Å². The highest BCUT2D eigenvalue weighted by molar-refractivity contribution is 7.53. The van der Waals surface area contributed by atoms with Crippen LogP contribution >= 0.6 is 15.2 Å². The fourth-order valence-electron chi connectivity index (χ4n) is 9.40. The lowest BCUT2D eigenvalue weighted by Gasteiger charge is -2.21. The number of nitrogens with one attached hydrogen (secondary N) is 6. The Morgan fingerprint density at radius 2 is 0.978 bits per heavy atom. The molecule has 14 heterocycles. The third-order valence-corrected chi connectivity index (χ3v) is 17.7. The van der Waals surface area contributed by atoms with Gasteiger partial charge >= 0.3 is 27.5 Å². The van der Waals surface area contributed by atoms with Crippen LogP contribution in [0.3, 0.4) is 0 Å². The molecule has 0 radical (unpaired) electrons. The van der Waals surface area contributed by atoms with Gasteiger partial charge in [-0.1, -0.05) is 26.0 Å². The molecule has 2 unspecified atom stereocenters. The smallest absolute Gasteiger partial charge is 0.421 e. The van der Waals surface area contributed by atoms with Crippen LogP contribution in [-0.4, -0.2) is 116 Å². The Morgan fingerprint density at radius 3 is 1.34 bits per heavy atom. The van der Waals surface area contributed by atoms with E-state index in [4.69, 9.17) is 27.6 Å². The highest BCUT2D eigenvalue weighted by Crippen LogP contribution is 2.54. The summed E-state index contributed by atoms with van der Waals surface area (Å²) in [5.74, 6) is -2.58. The van der Waals surface area contributed by atoms with Crippen molar-refractivity contribution in [1.82, 2.24) is 60.1 Å². The molecule has 8 aliphatic heterocycles. The molecule has 8 aliphatic rings. The van der Waals surface area contributed by atoms with Crippen molar-refractivity contribution in [2.75, 3.05) is 76.0 Å². The second-order valence-electron chi connectivity index (χ2n) is 20.9. The Hall–Kier alpha value is -9.06. The molecule has 0 fully saturated rings. The lowest BCUT2D eigenvalue weighted by Crippen LogP contribution is -2.21. The van der Waals surface area contributed by atoms with Gasteiger partial charge in [-0.2, -0.15) is 46.5 Å². The van der Waals surface area contributed by atoms with Crippen molar-refractivity contribution in [1.29, 1.82) is 0 Å². The zero-order chi connectivity index (χ0) is 66.1. The van der Waals surface area contributed by atoms with Crippen molar-refractivity contribution >= 4 is 73.3 Å². The van der Waals surface area contributed by atoms with Gasteiger partial charge in [-0.25, -0.2) is 19.9 Å². The standard InChI is InChI=1S/2C29H32F3N8O5P/c2*1-5-44-46(42)16-18-6-7-22(24(10-18)43-4)38-28-34-12-20(29(30,31)32)26(39-28)37-23-9-8-21(36-25(23)27(41)33-3)19-11-35-40(14-19)13-17(2)15-45-46/h2*6-12,14,17H,5,13,15-16H2,1-4H3,(H,33,41)(H2,34,37,38,39)/t2*17-,46?/m10/s1. The molecule has 0 saturated heterocycles. The number of amides is 2. The van der Waals surface area contributed by atoms with Crippen LogP contribution in [-0.2, 0) is 65.0 Å². The molecule has 6 aromatic heterocycles. The number of hydrogen-bond donors (Lipinski definition) is 6. The van der Waals surface area contributed by atoms with Gasteiger partial charge in [0.15, 0.2) is 11.4 Å². The molecule has 0 saturated carbocycles. The minimum absolute atomic E-state index is 0.0146. The van der Waals surface area contributed by atoms with Crippen molar-refractivity contribution in [2.24, 2.45) is 11.8 Å². The molecule has 26 nitrogen and oxygen atoms in total. The minimum atomic E-state index is -4.83. The molecule has 0 spiro atoms. The Kier molecular flexibility index (Phi) is 21.0. The molecule has 16 bridgehead atoms. The van der Waals surface area contributed by atoms with E-state index in [1.54, 1.807) is 96.5 Å². The van der Waals surface area contributed by atoms with E-state index in [0.717, 1.165) is 0 Å². The molecule has 2 amide bonds. The monoisotopic (exact) mass is 1320 g/mol. The van der Waals surface area contributed by atoms with Gasteiger partial charge in [0, 0.05) is 63.1 Å². The molecular formula is C58H64F6N16O10P2. The summed E-state index contributed by atoms with van der Waals surface area (Å²) >= 11 is 0. The first-order valence-corrected chi connectivity index (χ1v) is 31.9. The van der Waals surface area contributed by atoms with Crippen LogP contribution in [0.2, 0.25) is 0 Å². The molecule has 92 heavy (non-hydrogen) atoms. The van der Waals surface area contributed by atoms with Gasteiger partial charge in [-0.3, -0.25) is 28.1 Å². The molecule has 4 atom stereocenters. The van der Waals surface area contributed by atoms with E-state index in [1.165, 1.54) is 40.4 Å². The van der Waals surface area contributed by atoms with Gasteiger partial charge in [-0.15, -0.1) is 0 Å². The number of hydrogen-bond acceptors (Lipinski definition) is 22. The zero-order valence-electron chi connectivity index (χ0n) is 50.8. The molecule has 16 rings (SSSR count). The molecule has 8 aromatic rings. The SMILES string of the molecule is CCOP1(=O)Cc2ccc(c(OC)c2)Nc2ncc(C(F)(F)F)c(n2)Nc2ccc(nc2C(=O)NC)-c2cnn(c2)C[C@@H](C)CO1.CCOP1(=O)Cc2ccc(c(OC)c2)Nc2ncc(C(F)(F)F)c(n2)Nc2ccc(nc2C(=O)NC)-c2cnn(c2)C[C@H](C)CO1. The topological polar surface area (TPSA) is 309 Å². The maximum Gasteiger partial charge on any atom is 0.421 e. The minimum Gasteiger partial charge on any atom is -0.495 e. The van der Waals surface area contributed by atoms with Crippen molar-refractivity contribution < 1.29 is 72.6 Å². The van der Waals surface area contributed by atoms with Crippen LogP contribution in [0.4, 0.5) is 72.6 Å². The average molecular weight is 1320 g/mol. The maximum atomic E-state index is 14.1. The van der Waals surface area contributed by atoms with Crippen LogP contribution < -0.4 is 41.4 Å². The predicted octanol–water partition coefficient (Wildman–Crippen LogP) is 12.0. The van der Waals surface area contributed by atoms with Gasteiger partial charge < -0.3 is 59.5 Å². The number of pyridine rings is 2. The number of halogens is 6. The molecule has 0 aliphatic carbocycles. The van der Waals surface area contributed by atoms with Crippen molar-refractivity contribution in [2.45, 2.75) is 65.5 Å². The number of methoxy groups -OCH3 is 2. The number of benzene rings is 2. The number of nitrogens with zero attached hydrogens (tertiary/aromatic N) is 10. The summed E-state index contributed by atoms with van der Waals surface area (Å²) in [4.78, 5) is 50.5. The van der Waals surface area contributed by atoms with Gasteiger partial charge in [0.1, 0.15) is 34.3 Å². The van der Waals surface area contributed by atoms with Crippen LogP contribution in [0.5, 0.6) is 11.5 Å². The van der Waals surface area contributed by atoms with Crippen molar-refractivity contribution in [3.63, 3.8) is 0 Å². The number of aromatic nitrogens is 10. The van der Waals surface area contributed by atoms with Crippen LogP contribution in [0, 0.1) is 11.8 Å². The third-order valence-electron chi connectivity index (χ3n) is 13.8. The zero-order valence-corrected chi connectivity index (χ0v) is 52.6. The Labute approximate surface area is 523 Å². The number of ether oxygens (including phenoxy) is 2. The molecule has 34 heteroatoms. The summed E-state index contributed by atoms with van der Waals surface area (Å²) in [6.07, 6.45) is -1.95. The summed E-state index contributed by atoms with van der Waals surface area (Å²) in [5.41, 5.74) is 0.982. The summed E-state index contributed by atoms with van der Waals surface area (Å²) in [6, 6.07) is 15.7. The van der Waals surface area contributed by atoms with E-state index in [-0.39, 0.29) is 96.7 Å². The summed E-state index contributed by atoms with van der Waals surface area (Å²) < 4.78 is 149. The summed E-state index contributed by atoms with van der Waals surface area (Å²) in [7, 11) is -1.59. The largest absolute Gasteiger partial charge is 0.495 e.